The van der Waals surface area contributed by atoms with Gasteiger partial charge in [-0.2, -0.15) is 0 Å². The lowest BCUT2D eigenvalue weighted by atomic mass is 9.75. The molecule has 0 saturated carbocycles. The highest BCUT2D eigenvalue weighted by Gasteiger charge is 2.59. The molecule has 4 nitrogen and oxygen atoms in total. The van der Waals surface area contributed by atoms with Crippen LogP contribution in [0.15, 0.2) is 41.1 Å². The molecule has 25 heavy (non-hydrogen) atoms. The number of anilines is 1. The maximum Gasteiger partial charge on any atom is 0.257 e. The van der Waals surface area contributed by atoms with Crippen molar-refractivity contribution in [3.63, 3.8) is 0 Å². The first-order chi connectivity index (χ1) is 12.0. The molecule has 6 heteroatoms. The second-order valence-corrected chi connectivity index (χ2v) is 7.34. The molecule has 2 aliphatic heterocycles. The van der Waals surface area contributed by atoms with E-state index in [1.54, 1.807) is 12.4 Å². The Hall–Kier alpha value is -1.95. The van der Waals surface area contributed by atoms with Crippen molar-refractivity contribution < 1.29 is 13.2 Å². The number of hydrogen-bond acceptors (Lipinski definition) is 4. The molecule has 1 atom stereocenters. The standard InChI is InChI=1S/C19H23F2N3O/c1-15-4-5-17(25-15)12-23-9-7-19(20,21)18(13-23)6-10-24(14-18)16-3-2-8-22-11-16/h2-5,8,11H,6-7,9-10,12-14H2,1H3/t18-/m1/s1. The highest BCUT2D eigenvalue weighted by molar-refractivity contribution is 5.45. The Balaban J connectivity index is 1.52. The van der Waals surface area contributed by atoms with Crippen LogP contribution in [0.5, 0.6) is 0 Å². The number of aryl methyl sites for hydroxylation is 1. The molecular weight excluding hydrogens is 324 g/mol. The molecule has 2 fully saturated rings. The predicted molar refractivity (Wildman–Crippen MR) is 91.8 cm³/mol. The Morgan fingerprint density at radius 3 is 2.76 bits per heavy atom. The van der Waals surface area contributed by atoms with Crippen molar-refractivity contribution >= 4 is 5.69 Å². The first-order valence-corrected chi connectivity index (χ1v) is 8.78. The number of halogens is 2. The number of piperidine rings is 1. The smallest absolute Gasteiger partial charge is 0.257 e. The Bertz CT molecular complexity index is 733. The van der Waals surface area contributed by atoms with Gasteiger partial charge in [-0.3, -0.25) is 9.88 Å². The van der Waals surface area contributed by atoms with E-state index in [4.69, 9.17) is 4.42 Å². The molecule has 4 rings (SSSR count). The SMILES string of the molecule is Cc1ccc(CN2CCC(F)(F)[C@]3(CCN(c4cccnc4)C3)C2)o1. The van der Waals surface area contributed by atoms with Crippen molar-refractivity contribution in [1.29, 1.82) is 0 Å². The second kappa shape index (κ2) is 6.09. The summed E-state index contributed by atoms with van der Waals surface area (Å²) >= 11 is 0. The summed E-state index contributed by atoms with van der Waals surface area (Å²) in [6.07, 6.45) is 3.87. The van der Waals surface area contributed by atoms with Crippen LogP contribution in [0.4, 0.5) is 14.5 Å². The highest BCUT2D eigenvalue weighted by atomic mass is 19.3. The molecule has 0 radical (unpaired) electrons. The van der Waals surface area contributed by atoms with Gasteiger partial charge in [0.2, 0.25) is 0 Å². The average Bonchev–Trinajstić information content (AvgIpc) is 3.20. The van der Waals surface area contributed by atoms with Gasteiger partial charge >= 0.3 is 0 Å². The van der Waals surface area contributed by atoms with E-state index in [2.05, 4.69) is 9.88 Å². The Morgan fingerprint density at radius 1 is 1.16 bits per heavy atom. The summed E-state index contributed by atoms with van der Waals surface area (Å²) in [6.45, 7) is 4.32. The van der Waals surface area contributed by atoms with E-state index in [1.807, 2.05) is 36.1 Å². The third-order valence-electron chi connectivity index (χ3n) is 5.58. The van der Waals surface area contributed by atoms with E-state index < -0.39 is 11.3 Å². The summed E-state index contributed by atoms with van der Waals surface area (Å²) in [5, 5.41) is 0. The van der Waals surface area contributed by atoms with Gasteiger partial charge < -0.3 is 9.32 Å². The maximum absolute atomic E-state index is 14.9. The van der Waals surface area contributed by atoms with Crippen LogP contribution in [-0.4, -0.2) is 42.0 Å². The maximum atomic E-state index is 14.9. The fraction of sp³-hybridized carbons (Fsp3) is 0.526. The van der Waals surface area contributed by atoms with Crippen molar-refractivity contribution in [2.24, 2.45) is 5.41 Å². The van der Waals surface area contributed by atoms with E-state index >= 15 is 0 Å². The van der Waals surface area contributed by atoms with Gasteiger partial charge in [-0.05, 0) is 37.6 Å². The molecule has 134 valence electrons. The number of alkyl halides is 2. The van der Waals surface area contributed by atoms with Crippen molar-refractivity contribution in [1.82, 2.24) is 9.88 Å². The van der Waals surface area contributed by atoms with Crippen LogP contribution in [0.25, 0.3) is 0 Å². The highest BCUT2D eigenvalue weighted by Crippen LogP contribution is 2.50. The number of aromatic nitrogens is 1. The zero-order valence-electron chi connectivity index (χ0n) is 14.4. The van der Waals surface area contributed by atoms with Crippen molar-refractivity contribution in [3.05, 3.63) is 48.2 Å². The van der Waals surface area contributed by atoms with Gasteiger partial charge in [-0.1, -0.05) is 0 Å². The van der Waals surface area contributed by atoms with Gasteiger partial charge in [0, 0.05) is 38.8 Å². The molecule has 0 aromatic carbocycles. The number of nitrogens with zero attached hydrogens (tertiary/aromatic N) is 3. The third-order valence-corrected chi connectivity index (χ3v) is 5.58. The summed E-state index contributed by atoms with van der Waals surface area (Å²) < 4.78 is 35.4. The number of pyridine rings is 1. The van der Waals surface area contributed by atoms with E-state index in [-0.39, 0.29) is 6.42 Å². The van der Waals surface area contributed by atoms with E-state index in [0.717, 1.165) is 17.2 Å². The van der Waals surface area contributed by atoms with Crippen molar-refractivity contribution in [2.75, 3.05) is 31.1 Å². The van der Waals surface area contributed by atoms with Crippen LogP contribution in [0.1, 0.15) is 24.4 Å². The van der Waals surface area contributed by atoms with E-state index in [0.29, 0.717) is 39.1 Å². The summed E-state index contributed by atoms with van der Waals surface area (Å²) in [7, 11) is 0. The molecule has 0 aliphatic carbocycles. The van der Waals surface area contributed by atoms with Gasteiger partial charge in [0.05, 0.1) is 23.8 Å². The first-order valence-electron chi connectivity index (χ1n) is 8.78. The quantitative estimate of drug-likeness (QED) is 0.847. The summed E-state index contributed by atoms with van der Waals surface area (Å²) in [4.78, 5) is 8.28. The number of likely N-dealkylation sites (tertiary alicyclic amines) is 1. The van der Waals surface area contributed by atoms with Gasteiger partial charge in [0.25, 0.3) is 5.92 Å². The Morgan fingerprint density at radius 2 is 2.04 bits per heavy atom. The monoisotopic (exact) mass is 347 g/mol. The molecule has 2 aromatic heterocycles. The average molecular weight is 347 g/mol. The first kappa shape index (κ1) is 16.5. The van der Waals surface area contributed by atoms with Crippen LogP contribution in [0.2, 0.25) is 0 Å². The minimum atomic E-state index is -2.64. The topological polar surface area (TPSA) is 32.5 Å². The zero-order chi connectivity index (χ0) is 17.5. The molecule has 2 aliphatic rings. The van der Waals surface area contributed by atoms with Gasteiger partial charge in [0.1, 0.15) is 11.5 Å². The lowest BCUT2D eigenvalue weighted by molar-refractivity contribution is -0.159. The lowest BCUT2D eigenvalue weighted by Gasteiger charge is -2.45. The van der Waals surface area contributed by atoms with E-state index in [9.17, 15) is 8.78 Å². The lowest BCUT2D eigenvalue weighted by Crippen LogP contribution is -2.56. The summed E-state index contributed by atoms with van der Waals surface area (Å²) in [5.41, 5.74) is -0.0723. The van der Waals surface area contributed by atoms with Crippen molar-refractivity contribution in [2.45, 2.75) is 32.2 Å². The predicted octanol–water partition coefficient (Wildman–Crippen LogP) is 3.72. The van der Waals surface area contributed by atoms with Crippen LogP contribution >= 0.6 is 0 Å². The minimum Gasteiger partial charge on any atom is -0.465 e. The molecular formula is C19H23F2N3O. The molecule has 0 amide bonds. The number of furan rings is 1. The van der Waals surface area contributed by atoms with Crippen LogP contribution in [0, 0.1) is 12.3 Å². The van der Waals surface area contributed by atoms with Crippen LogP contribution in [-0.2, 0) is 6.54 Å². The summed E-state index contributed by atoms with van der Waals surface area (Å²) in [6, 6.07) is 7.65. The van der Waals surface area contributed by atoms with Gasteiger partial charge in [0.15, 0.2) is 0 Å². The largest absolute Gasteiger partial charge is 0.465 e. The van der Waals surface area contributed by atoms with E-state index in [1.165, 1.54) is 0 Å². The Labute approximate surface area is 146 Å². The van der Waals surface area contributed by atoms with Crippen LogP contribution < -0.4 is 4.90 Å². The van der Waals surface area contributed by atoms with Gasteiger partial charge in [-0.25, -0.2) is 8.78 Å². The van der Waals surface area contributed by atoms with Crippen molar-refractivity contribution in [3.8, 4) is 0 Å². The molecule has 2 aromatic rings. The molecule has 2 saturated heterocycles. The third kappa shape index (κ3) is 3.03. The zero-order valence-corrected chi connectivity index (χ0v) is 14.4. The second-order valence-electron chi connectivity index (χ2n) is 7.34. The molecule has 4 heterocycles. The van der Waals surface area contributed by atoms with Crippen LogP contribution in [0.3, 0.4) is 0 Å². The fourth-order valence-corrected chi connectivity index (χ4v) is 4.17. The summed E-state index contributed by atoms with van der Waals surface area (Å²) in [5.74, 6) is -0.935. The molecule has 0 unspecified atom stereocenters. The fourth-order valence-electron chi connectivity index (χ4n) is 4.17. The molecule has 0 N–H and O–H groups in total. The minimum absolute atomic E-state index is 0.0897. The number of rotatable bonds is 3. The normalized spacial score (nSPS) is 26.4. The molecule has 0 bridgehead atoms. The number of hydrogen-bond donors (Lipinski definition) is 0. The Kier molecular flexibility index (Phi) is 4.02. The molecule has 1 spiro atoms. The van der Waals surface area contributed by atoms with Gasteiger partial charge in [-0.15, -0.1) is 0 Å².